The van der Waals surface area contributed by atoms with Gasteiger partial charge in [0.1, 0.15) is 0 Å². The summed E-state index contributed by atoms with van der Waals surface area (Å²) in [6.07, 6.45) is 6.83. The quantitative estimate of drug-likeness (QED) is 0.865. The Morgan fingerprint density at radius 2 is 2.00 bits per heavy atom. The molecule has 2 heteroatoms. The van der Waals surface area contributed by atoms with Crippen LogP contribution in [0.25, 0.3) is 0 Å². The van der Waals surface area contributed by atoms with Crippen LogP contribution in [0.15, 0.2) is 18.2 Å². The Balaban J connectivity index is 1.72. The molecule has 1 aliphatic carbocycles. The summed E-state index contributed by atoms with van der Waals surface area (Å²) in [5.74, 6) is 0.822. The zero-order valence-corrected chi connectivity index (χ0v) is 12.2. The van der Waals surface area contributed by atoms with Gasteiger partial charge in [0.05, 0.1) is 0 Å². The molecule has 0 amide bonds. The monoisotopic (exact) mass is 258 g/mol. The van der Waals surface area contributed by atoms with E-state index in [1.54, 1.807) is 0 Å². The molecule has 3 atom stereocenters. The number of benzene rings is 1. The van der Waals surface area contributed by atoms with Gasteiger partial charge in [-0.05, 0) is 69.2 Å². The lowest BCUT2D eigenvalue weighted by molar-refractivity contribution is 0.376. The van der Waals surface area contributed by atoms with Crippen molar-refractivity contribution >= 4 is 5.69 Å². The van der Waals surface area contributed by atoms with Gasteiger partial charge < -0.3 is 10.6 Å². The molecule has 0 radical (unpaired) electrons. The van der Waals surface area contributed by atoms with Crippen LogP contribution in [0.3, 0.4) is 0 Å². The number of hydrogen-bond donors (Lipinski definition) is 2. The number of rotatable bonds is 3. The molecule has 2 fully saturated rings. The first kappa shape index (κ1) is 13.0. The van der Waals surface area contributed by atoms with Crippen LogP contribution in [0, 0.1) is 19.8 Å². The Hall–Kier alpha value is -1.02. The highest BCUT2D eigenvalue weighted by atomic mass is 15.0. The Labute approximate surface area is 117 Å². The van der Waals surface area contributed by atoms with Gasteiger partial charge in [0.15, 0.2) is 0 Å². The maximum atomic E-state index is 3.84. The second-order valence-electron chi connectivity index (χ2n) is 6.30. The van der Waals surface area contributed by atoms with Crippen LogP contribution in [-0.4, -0.2) is 18.6 Å². The van der Waals surface area contributed by atoms with Crippen LogP contribution in [0.2, 0.25) is 0 Å². The molecular weight excluding hydrogens is 232 g/mol. The fraction of sp³-hybridized carbons (Fsp3) is 0.647. The molecule has 19 heavy (non-hydrogen) atoms. The van der Waals surface area contributed by atoms with Crippen molar-refractivity contribution < 1.29 is 0 Å². The van der Waals surface area contributed by atoms with Crippen LogP contribution < -0.4 is 10.6 Å². The molecule has 0 bridgehead atoms. The molecule has 3 rings (SSSR count). The first-order chi connectivity index (χ1) is 9.25. The van der Waals surface area contributed by atoms with Crippen molar-refractivity contribution in [2.24, 2.45) is 5.92 Å². The van der Waals surface area contributed by atoms with Gasteiger partial charge in [-0.3, -0.25) is 0 Å². The van der Waals surface area contributed by atoms with Crippen molar-refractivity contribution in [3.05, 3.63) is 29.3 Å². The molecular formula is C17H26N2. The van der Waals surface area contributed by atoms with Crippen molar-refractivity contribution in [1.82, 2.24) is 5.32 Å². The van der Waals surface area contributed by atoms with Crippen molar-refractivity contribution in [3.8, 4) is 0 Å². The Morgan fingerprint density at radius 1 is 1.11 bits per heavy atom. The third kappa shape index (κ3) is 2.64. The minimum atomic E-state index is 0.663. The molecule has 2 N–H and O–H groups in total. The van der Waals surface area contributed by atoms with Gasteiger partial charge in [0.2, 0.25) is 0 Å². The second-order valence-corrected chi connectivity index (χ2v) is 6.30. The normalized spacial score (nSPS) is 30.7. The van der Waals surface area contributed by atoms with E-state index >= 15 is 0 Å². The Kier molecular flexibility index (Phi) is 3.79. The van der Waals surface area contributed by atoms with E-state index in [1.165, 1.54) is 55.5 Å². The van der Waals surface area contributed by atoms with E-state index in [0.29, 0.717) is 6.04 Å². The van der Waals surface area contributed by atoms with Crippen LogP contribution >= 0.6 is 0 Å². The topological polar surface area (TPSA) is 24.1 Å². The van der Waals surface area contributed by atoms with E-state index in [-0.39, 0.29) is 0 Å². The van der Waals surface area contributed by atoms with Crippen molar-refractivity contribution in [3.63, 3.8) is 0 Å². The fourth-order valence-electron chi connectivity index (χ4n) is 3.83. The molecule has 1 heterocycles. The SMILES string of the molecule is Cc1cccc(NC2CCCC2C2CCCN2)c1C. The van der Waals surface area contributed by atoms with Gasteiger partial charge in [0, 0.05) is 17.8 Å². The third-order valence-corrected chi connectivity index (χ3v) is 5.13. The van der Waals surface area contributed by atoms with Gasteiger partial charge in [-0.25, -0.2) is 0 Å². The summed E-state index contributed by atoms with van der Waals surface area (Å²) in [4.78, 5) is 0. The number of anilines is 1. The van der Waals surface area contributed by atoms with Crippen LogP contribution in [-0.2, 0) is 0 Å². The van der Waals surface area contributed by atoms with Gasteiger partial charge in [-0.1, -0.05) is 18.6 Å². The molecule has 2 nitrogen and oxygen atoms in total. The smallest absolute Gasteiger partial charge is 0.0374 e. The summed E-state index contributed by atoms with van der Waals surface area (Å²) < 4.78 is 0. The lowest BCUT2D eigenvalue weighted by Crippen LogP contribution is -2.38. The van der Waals surface area contributed by atoms with Gasteiger partial charge in [0.25, 0.3) is 0 Å². The highest BCUT2D eigenvalue weighted by molar-refractivity contribution is 5.54. The van der Waals surface area contributed by atoms with Gasteiger partial charge >= 0.3 is 0 Å². The highest BCUT2D eigenvalue weighted by Gasteiger charge is 2.34. The second kappa shape index (κ2) is 5.54. The number of nitrogens with one attached hydrogen (secondary N) is 2. The predicted molar refractivity (Wildman–Crippen MR) is 81.7 cm³/mol. The minimum Gasteiger partial charge on any atom is -0.382 e. The Morgan fingerprint density at radius 3 is 2.79 bits per heavy atom. The van der Waals surface area contributed by atoms with Crippen molar-refractivity contribution in [2.75, 3.05) is 11.9 Å². The molecule has 0 spiro atoms. The maximum Gasteiger partial charge on any atom is 0.0374 e. The first-order valence-corrected chi connectivity index (χ1v) is 7.82. The summed E-state index contributed by atoms with van der Waals surface area (Å²) in [6.45, 7) is 5.65. The average Bonchev–Trinajstić information content (AvgIpc) is 3.05. The maximum absolute atomic E-state index is 3.84. The minimum absolute atomic E-state index is 0.663. The van der Waals surface area contributed by atoms with E-state index in [0.717, 1.165) is 12.0 Å². The van der Waals surface area contributed by atoms with E-state index in [4.69, 9.17) is 0 Å². The molecule has 1 aromatic rings. The van der Waals surface area contributed by atoms with Crippen molar-refractivity contribution in [2.45, 2.75) is 58.0 Å². The summed E-state index contributed by atoms with van der Waals surface area (Å²) in [5.41, 5.74) is 4.14. The molecule has 2 aliphatic rings. The van der Waals surface area contributed by atoms with E-state index in [2.05, 4.69) is 42.7 Å². The molecule has 104 valence electrons. The van der Waals surface area contributed by atoms with Crippen molar-refractivity contribution in [1.29, 1.82) is 0 Å². The summed E-state index contributed by atoms with van der Waals surface area (Å²) in [6, 6.07) is 8.02. The van der Waals surface area contributed by atoms with Gasteiger partial charge in [-0.2, -0.15) is 0 Å². The molecule has 1 aliphatic heterocycles. The van der Waals surface area contributed by atoms with E-state index < -0.39 is 0 Å². The lowest BCUT2D eigenvalue weighted by Gasteiger charge is -2.28. The largest absolute Gasteiger partial charge is 0.382 e. The summed E-state index contributed by atoms with van der Waals surface area (Å²) in [5, 5.41) is 7.54. The first-order valence-electron chi connectivity index (χ1n) is 7.82. The van der Waals surface area contributed by atoms with Crippen LogP contribution in [0.1, 0.15) is 43.2 Å². The predicted octanol–water partition coefficient (Wildman–Crippen LogP) is 3.64. The molecule has 1 saturated heterocycles. The third-order valence-electron chi connectivity index (χ3n) is 5.13. The lowest BCUT2D eigenvalue weighted by atomic mass is 9.92. The Bertz CT molecular complexity index is 435. The zero-order valence-electron chi connectivity index (χ0n) is 12.2. The highest BCUT2D eigenvalue weighted by Crippen LogP contribution is 2.34. The summed E-state index contributed by atoms with van der Waals surface area (Å²) in [7, 11) is 0. The van der Waals surface area contributed by atoms with E-state index in [1.807, 2.05) is 0 Å². The molecule has 1 aromatic carbocycles. The van der Waals surface area contributed by atoms with Crippen LogP contribution in [0.5, 0.6) is 0 Å². The fourth-order valence-corrected chi connectivity index (χ4v) is 3.83. The number of hydrogen-bond acceptors (Lipinski definition) is 2. The standard InChI is InChI=1S/C17H26N2/c1-12-6-3-8-15(13(12)2)19-17-9-4-7-14(17)16-10-5-11-18-16/h3,6,8,14,16-19H,4-5,7,9-11H2,1-2H3. The average molecular weight is 258 g/mol. The summed E-state index contributed by atoms with van der Waals surface area (Å²) >= 11 is 0. The van der Waals surface area contributed by atoms with E-state index in [9.17, 15) is 0 Å². The van der Waals surface area contributed by atoms with Crippen LogP contribution in [0.4, 0.5) is 5.69 Å². The molecule has 1 saturated carbocycles. The molecule has 0 aromatic heterocycles. The van der Waals surface area contributed by atoms with Gasteiger partial charge in [-0.15, -0.1) is 0 Å². The zero-order chi connectivity index (χ0) is 13.2. The molecule has 3 unspecified atom stereocenters. The number of aryl methyl sites for hydroxylation is 1.